The van der Waals surface area contributed by atoms with E-state index in [2.05, 4.69) is 9.72 Å². The Balaban J connectivity index is 2.37. The minimum Gasteiger partial charge on any atom is -0.372 e. The van der Waals surface area contributed by atoms with Crippen molar-refractivity contribution in [1.29, 1.82) is 0 Å². The third-order valence-electron chi connectivity index (χ3n) is 1.88. The molecule has 0 spiro atoms. The zero-order valence-corrected chi connectivity index (χ0v) is 8.79. The van der Waals surface area contributed by atoms with Crippen LogP contribution in [-0.2, 0) is 11.3 Å². The van der Waals surface area contributed by atoms with Crippen LogP contribution in [0, 0.1) is 0 Å². The van der Waals surface area contributed by atoms with Crippen molar-refractivity contribution >= 4 is 0 Å². The van der Waals surface area contributed by atoms with Gasteiger partial charge in [-0.05, 0) is 6.42 Å². The summed E-state index contributed by atoms with van der Waals surface area (Å²) in [7, 11) is 0. The number of alkyl halides is 3. The van der Waals surface area contributed by atoms with Gasteiger partial charge in [0.15, 0.2) is 0 Å². The number of aromatic amines is 1. The number of hydrogen-bond donors (Lipinski definition) is 1. The third-order valence-corrected chi connectivity index (χ3v) is 1.88. The molecule has 0 radical (unpaired) electrons. The number of nitrogens with one attached hydrogen (secondary N) is 1. The molecule has 1 aromatic rings. The summed E-state index contributed by atoms with van der Waals surface area (Å²) in [5, 5.41) is 0. The molecule has 5 nitrogen and oxygen atoms in total. The predicted octanol–water partition coefficient (Wildman–Crippen LogP) is 0.506. The normalized spacial score (nSPS) is 11.7. The predicted molar refractivity (Wildman–Crippen MR) is 52.8 cm³/mol. The molecule has 1 rings (SSSR count). The van der Waals surface area contributed by atoms with Crippen molar-refractivity contribution in [2.75, 3.05) is 13.2 Å². The minimum atomic E-state index is -4.36. The molecular weight excluding hydrogens is 241 g/mol. The van der Waals surface area contributed by atoms with Gasteiger partial charge in [0.2, 0.25) is 0 Å². The van der Waals surface area contributed by atoms with Crippen molar-refractivity contribution in [2.45, 2.75) is 19.1 Å². The zero-order chi connectivity index (χ0) is 12.9. The van der Waals surface area contributed by atoms with Crippen LogP contribution >= 0.6 is 0 Å². The summed E-state index contributed by atoms with van der Waals surface area (Å²) < 4.78 is 40.3. The van der Waals surface area contributed by atoms with Gasteiger partial charge in [0.05, 0.1) is 0 Å². The van der Waals surface area contributed by atoms with Crippen molar-refractivity contribution in [3.05, 3.63) is 33.1 Å². The van der Waals surface area contributed by atoms with Gasteiger partial charge in [-0.2, -0.15) is 13.2 Å². The van der Waals surface area contributed by atoms with Crippen LogP contribution in [-0.4, -0.2) is 28.9 Å². The quantitative estimate of drug-likeness (QED) is 0.776. The van der Waals surface area contributed by atoms with Crippen molar-refractivity contribution in [1.82, 2.24) is 9.55 Å². The second kappa shape index (κ2) is 5.67. The molecule has 17 heavy (non-hydrogen) atoms. The second-order valence-corrected chi connectivity index (χ2v) is 3.29. The summed E-state index contributed by atoms with van der Waals surface area (Å²) >= 11 is 0. The number of nitrogens with zero attached hydrogens (tertiary/aromatic N) is 1. The number of ether oxygens (including phenoxy) is 1. The van der Waals surface area contributed by atoms with Crippen LogP contribution < -0.4 is 11.2 Å². The largest absolute Gasteiger partial charge is 0.411 e. The fraction of sp³-hybridized carbons (Fsp3) is 0.556. The van der Waals surface area contributed by atoms with Crippen molar-refractivity contribution in [2.24, 2.45) is 0 Å². The van der Waals surface area contributed by atoms with Gasteiger partial charge in [0.1, 0.15) is 6.61 Å². The Hall–Kier alpha value is -1.57. The summed E-state index contributed by atoms with van der Waals surface area (Å²) in [5.41, 5.74) is -1.09. The maximum Gasteiger partial charge on any atom is 0.411 e. The van der Waals surface area contributed by atoms with E-state index >= 15 is 0 Å². The standard InChI is InChI=1S/C9H11F3N2O3/c10-9(11,12)6-17-5-1-4-14-7(15)2-3-13-8(14)16/h2-3H,1,4-6H2,(H,13,16). The molecule has 0 amide bonds. The monoisotopic (exact) mass is 252 g/mol. The van der Waals surface area contributed by atoms with Crippen LogP contribution in [0.25, 0.3) is 0 Å². The van der Waals surface area contributed by atoms with Gasteiger partial charge in [-0.3, -0.25) is 9.36 Å². The lowest BCUT2D eigenvalue weighted by atomic mass is 10.4. The van der Waals surface area contributed by atoms with E-state index in [9.17, 15) is 22.8 Å². The molecule has 0 aliphatic carbocycles. The topological polar surface area (TPSA) is 64.1 Å². The van der Waals surface area contributed by atoms with E-state index in [4.69, 9.17) is 0 Å². The van der Waals surface area contributed by atoms with Crippen molar-refractivity contribution in [3.63, 3.8) is 0 Å². The lowest BCUT2D eigenvalue weighted by molar-refractivity contribution is -0.174. The number of aromatic nitrogens is 2. The van der Waals surface area contributed by atoms with Crippen LogP contribution in [0.1, 0.15) is 6.42 Å². The van der Waals surface area contributed by atoms with Gasteiger partial charge in [0.25, 0.3) is 5.56 Å². The fourth-order valence-electron chi connectivity index (χ4n) is 1.18. The first-order valence-electron chi connectivity index (χ1n) is 4.83. The molecular formula is C9H11F3N2O3. The Morgan fingerprint density at radius 2 is 2.06 bits per heavy atom. The first-order valence-corrected chi connectivity index (χ1v) is 4.83. The van der Waals surface area contributed by atoms with Gasteiger partial charge < -0.3 is 9.72 Å². The maximum atomic E-state index is 11.7. The molecule has 1 aromatic heterocycles. The maximum absolute atomic E-state index is 11.7. The number of rotatable bonds is 5. The molecule has 0 bridgehead atoms. The fourth-order valence-corrected chi connectivity index (χ4v) is 1.18. The molecule has 0 unspecified atom stereocenters. The highest BCUT2D eigenvalue weighted by atomic mass is 19.4. The Morgan fingerprint density at radius 3 is 2.65 bits per heavy atom. The Bertz CT molecular complexity index is 435. The Labute approximate surface area is 93.8 Å². The van der Waals surface area contributed by atoms with E-state index in [-0.39, 0.29) is 19.6 Å². The molecule has 1 heterocycles. The van der Waals surface area contributed by atoms with E-state index in [1.165, 1.54) is 6.20 Å². The summed E-state index contributed by atoms with van der Waals surface area (Å²) in [6, 6.07) is 1.16. The summed E-state index contributed by atoms with van der Waals surface area (Å²) in [5.74, 6) is 0. The Kier molecular flexibility index (Phi) is 4.50. The van der Waals surface area contributed by atoms with E-state index in [1.807, 2.05) is 0 Å². The van der Waals surface area contributed by atoms with Gasteiger partial charge in [-0.1, -0.05) is 0 Å². The molecule has 0 fully saturated rings. The van der Waals surface area contributed by atoms with Crippen molar-refractivity contribution in [3.8, 4) is 0 Å². The van der Waals surface area contributed by atoms with Crippen LogP contribution in [0.5, 0.6) is 0 Å². The lowest BCUT2D eigenvalue weighted by Gasteiger charge is -2.07. The SMILES string of the molecule is O=c1cc[nH]c(=O)n1CCCOCC(F)(F)F. The highest BCUT2D eigenvalue weighted by molar-refractivity contribution is 4.82. The molecule has 0 aliphatic heterocycles. The molecule has 8 heteroatoms. The van der Waals surface area contributed by atoms with Gasteiger partial charge >= 0.3 is 11.9 Å². The lowest BCUT2D eigenvalue weighted by Crippen LogP contribution is -2.34. The zero-order valence-electron chi connectivity index (χ0n) is 8.79. The molecule has 0 saturated carbocycles. The highest BCUT2D eigenvalue weighted by Crippen LogP contribution is 2.14. The molecule has 0 saturated heterocycles. The van der Waals surface area contributed by atoms with E-state index in [1.54, 1.807) is 0 Å². The smallest absolute Gasteiger partial charge is 0.372 e. The number of halogens is 3. The van der Waals surface area contributed by atoms with Crippen molar-refractivity contribution < 1.29 is 17.9 Å². The van der Waals surface area contributed by atoms with Crippen LogP contribution in [0.3, 0.4) is 0 Å². The van der Waals surface area contributed by atoms with Gasteiger partial charge in [-0.15, -0.1) is 0 Å². The first kappa shape index (κ1) is 13.5. The minimum absolute atomic E-state index is 0.0207. The highest BCUT2D eigenvalue weighted by Gasteiger charge is 2.27. The summed E-state index contributed by atoms with van der Waals surface area (Å²) in [6.45, 7) is -1.47. The summed E-state index contributed by atoms with van der Waals surface area (Å²) in [6.07, 6.45) is -2.99. The second-order valence-electron chi connectivity index (χ2n) is 3.29. The van der Waals surface area contributed by atoms with Gasteiger partial charge in [0, 0.05) is 25.4 Å². The molecule has 96 valence electrons. The molecule has 0 aliphatic rings. The van der Waals surface area contributed by atoms with E-state index < -0.39 is 24.0 Å². The van der Waals surface area contributed by atoms with Crippen LogP contribution in [0.4, 0.5) is 13.2 Å². The first-order chi connectivity index (χ1) is 7.90. The number of hydrogen-bond acceptors (Lipinski definition) is 3. The number of H-pyrrole nitrogens is 1. The average molecular weight is 252 g/mol. The average Bonchev–Trinajstić information content (AvgIpc) is 2.20. The molecule has 1 N–H and O–H groups in total. The Morgan fingerprint density at radius 1 is 1.35 bits per heavy atom. The third kappa shape index (κ3) is 4.85. The van der Waals surface area contributed by atoms with E-state index in [0.717, 1.165) is 10.6 Å². The van der Waals surface area contributed by atoms with Crippen LogP contribution in [0.15, 0.2) is 21.9 Å². The van der Waals surface area contributed by atoms with E-state index in [0.29, 0.717) is 0 Å². The summed E-state index contributed by atoms with van der Waals surface area (Å²) in [4.78, 5) is 24.6. The van der Waals surface area contributed by atoms with Crippen LogP contribution in [0.2, 0.25) is 0 Å². The molecule has 0 atom stereocenters. The van der Waals surface area contributed by atoms with Gasteiger partial charge in [-0.25, -0.2) is 4.79 Å². The molecule has 0 aromatic carbocycles.